The quantitative estimate of drug-likeness (QED) is 0.438. The van der Waals surface area contributed by atoms with Crippen molar-refractivity contribution in [2.24, 2.45) is 0 Å². The van der Waals surface area contributed by atoms with Crippen LogP contribution in [-0.4, -0.2) is 21.9 Å². The van der Waals surface area contributed by atoms with Gasteiger partial charge in [0, 0.05) is 22.2 Å². The van der Waals surface area contributed by atoms with E-state index in [0.29, 0.717) is 10.6 Å². The summed E-state index contributed by atoms with van der Waals surface area (Å²) < 4.78 is 0. The Hall–Kier alpha value is -3.11. The summed E-state index contributed by atoms with van der Waals surface area (Å²) in [7, 11) is 0. The third-order valence-corrected chi connectivity index (χ3v) is 5.19. The van der Waals surface area contributed by atoms with Crippen LogP contribution >= 0.6 is 11.6 Å². The Morgan fingerprint density at radius 3 is 2.59 bits per heavy atom. The van der Waals surface area contributed by atoms with E-state index < -0.39 is 0 Å². The number of imidazole rings is 1. The molecule has 0 aliphatic heterocycles. The number of halogens is 1. The number of benzene rings is 3. The highest BCUT2D eigenvalue weighted by Gasteiger charge is 2.11. The summed E-state index contributed by atoms with van der Waals surface area (Å²) in [5, 5.41) is 3.74. The maximum absolute atomic E-state index is 12.5. The van der Waals surface area contributed by atoms with Gasteiger partial charge in [-0.1, -0.05) is 54.1 Å². The van der Waals surface area contributed by atoms with Gasteiger partial charge < -0.3 is 10.3 Å². The molecule has 4 rings (SSSR count). The van der Waals surface area contributed by atoms with Crippen LogP contribution in [0.15, 0.2) is 72.8 Å². The van der Waals surface area contributed by atoms with Gasteiger partial charge in [-0.05, 0) is 55.7 Å². The largest absolute Gasteiger partial charge is 0.350 e. The van der Waals surface area contributed by atoms with E-state index in [9.17, 15) is 4.79 Å². The minimum atomic E-state index is -0.0616. The highest BCUT2D eigenvalue weighted by molar-refractivity contribution is 6.31. The number of nitrogens with one attached hydrogen (secondary N) is 2. The first-order valence-corrected chi connectivity index (χ1v) is 10.1. The van der Waals surface area contributed by atoms with Crippen LogP contribution in [0.1, 0.15) is 29.3 Å². The zero-order valence-corrected chi connectivity index (χ0v) is 16.9. The van der Waals surface area contributed by atoms with Crippen molar-refractivity contribution in [3.05, 3.63) is 88.9 Å². The van der Waals surface area contributed by atoms with E-state index in [-0.39, 0.29) is 11.9 Å². The summed E-state index contributed by atoms with van der Waals surface area (Å²) in [5.41, 5.74) is 4.59. The Bertz CT molecular complexity index is 1120. The molecule has 0 saturated carbocycles. The molecule has 0 aliphatic carbocycles. The first kappa shape index (κ1) is 19.2. The number of amides is 1. The monoisotopic (exact) mass is 403 g/mol. The predicted molar refractivity (Wildman–Crippen MR) is 118 cm³/mol. The maximum Gasteiger partial charge on any atom is 0.251 e. The number of carbonyl (C=O) groups excluding carboxylic acids is 1. The molecular weight excluding hydrogens is 382 g/mol. The van der Waals surface area contributed by atoms with Gasteiger partial charge >= 0.3 is 0 Å². The number of rotatable bonds is 6. The smallest absolute Gasteiger partial charge is 0.251 e. The summed E-state index contributed by atoms with van der Waals surface area (Å²) in [5.74, 6) is 0.693. The van der Waals surface area contributed by atoms with Crippen LogP contribution in [0.3, 0.4) is 0 Å². The fraction of sp³-hybridized carbons (Fsp3) is 0.167. The second-order valence-corrected chi connectivity index (χ2v) is 7.66. The number of aromatic nitrogens is 2. The zero-order valence-electron chi connectivity index (χ0n) is 16.2. The van der Waals surface area contributed by atoms with Crippen molar-refractivity contribution >= 4 is 28.5 Å². The molecule has 5 heteroatoms. The van der Waals surface area contributed by atoms with Gasteiger partial charge in [0.25, 0.3) is 5.91 Å². The number of nitrogens with zero attached hydrogens (tertiary/aromatic N) is 1. The Morgan fingerprint density at radius 2 is 1.83 bits per heavy atom. The van der Waals surface area contributed by atoms with Gasteiger partial charge in [-0.3, -0.25) is 4.79 Å². The predicted octanol–water partition coefficient (Wildman–Crippen LogP) is 5.63. The van der Waals surface area contributed by atoms with E-state index in [1.54, 1.807) is 0 Å². The summed E-state index contributed by atoms with van der Waals surface area (Å²) in [4.78, 5) is 20.4. The Morgan fingerprint density at radius 1 is 1.07 bits per heavy atom. The molecule has 2 N–H and O–H groups in total. The minimum Gasteiger partial charge on any atom is -0.350 e. The van der Waals surface area contributed by atoms with Gasteiger partial charge in [0.1, 0.15) is 5.82 Å². The highest BCUT2D eigenvalue weighted by Crippen LogP contribution is 2.23. The normalized spacial score (nSPS) is 12.1. The average Bonchev–Trinajstić information content (AvgIpc) is 3.16. The summed E-state index contributed by atoms with van der Waals surface area (Å²) in [6.07, 6.45) is 1.84. The molecule has 4 nitrogen and oxygen atoms in total. The van der Waals surface area contributed by atoms with Crippen molar-refractivity contribution in [3.8, 4) is 11.4 Å². The number of aryl methyl sites for hydroxylation is 1. The van der Waals surface area contributed by atoms with E-state index in [1.807, 2.05) is 67.6 Å². The molecule has 0 fully saturated rings. The average molecular weight is 404 g/mol. The van der Waals surface area contributed by atoms with Crippen molar-refractivity contribution in [2.45, 2.75) is 25.8 Å². The van der Waals surface area contributed by atoms with E-state index in [2.05, 4.69) is 27.4 Å². The Labute approximate surface area is 174 Å². The number of fused-ring (bicyclic) bond motifs is 1. The number of carbonyl (C=O) groups is 1. The number of H-pyrrole nitrogens is 1. The molecule has 3 aromatic carbocycles. The van der Waals surface area contributed by atoms with Crippen LogP contribution < -0.4 is 5.32 Å². The Kier molecular flexibility index (Phi) is 5.63. The molecule has 0 aliphatic rings. The molecule has 0 bridgehead atoms. The molecule has 1 amide bonds. The lowest BCUT2D eigenvalue weighted by atomic mass is 10.1. The highest BCUT2D eigenvalue weighted by atomic mass is 35.5. The second kappa shape index (κ2) is 8.50. The molecule has 0 saturated heterocycles. The van der Waals surface area contributed by atoms with E-state index in [0.717, 1.165) is 35.3 Å². The van der Waals surface area contributed by atoms with Crippen molar-refractivity contribution in [1.29, 1.82) is 0 Å². The summed E-state index contributed by atoms with van der Waals surface area (Å²) in [6.45, 7) is 2.04. The van der Waals surface area contributed by atoms with Crippen LogP contribution in [0.4, 0.5) is 0 Å². The SMILES string of the molecule is C[C@@H](CCc1ccccc1)NC(=O)c1ccc(-c2nc3ccc(Cl)cc3[nH]2)cc1. The maximum atomic E-state index is 12.5. The molecular formula is C24H22ClN3O. The van der Waals surface area contributed by atoms with Gasteiger partial charge in [0.05, 0.1) is 11.0 Å². The van der Waals surface area contributed by atoms with E-state index >= 15 is 0 Å². The lowest BCUT2D eigenvalue weighted by Gasteiger charge is -2.14. The van der Waals surface area contributed by atoms with Gasteiger partial charge in [-0.25, -0.2) is 4.98 Å². The molecule has 1 atom stereocenters. The van der Waals surface area contributed by atoms with Crippen LogP contribution in [0.25, 0.3) is 22.4 Å². The number of hydrogen-bond acceptors (Lipinski definition) is 2. The standard InChI is InChI=1S/C24H22ClN3O/c1-16(7-8-17-5-3-2-4-6-17)26-24(29)19-11-9-18(10-12-19)23-27-21-14-13-20(25)15-22(21)28-23/h2-6,9-16H,7-8H2,1H3,(H,26,29)(H,27,28)/t16-/m0/s1. The van der Waals surface area contributed by atoms with E-state index in [1.165, 1.54) is 5.56 Å². The lowest BCUT2D eigenvalue weighted by Crippen LogP contribution is -2.32. The number of aromatic amines is 1. The second-order valence-electron chi connectivity index (χ2n) is 7.22. The number of hydrogen-bond donors (Lipinski definition) is 2. The fourth-order valence-corrected chi connectivity index (χ4v) is 3.48. The first-order valence-electron chi connectivity index (χ1n) is 9.69. The van der Waals surface area contributed by atoms with Crippen molar-refractivity contribution < 1.29 is 4.79 Å². The van der Waals surface area contributed by atoms with Crippen LogP contribution in [0, 0.1) is 0 Å². The van der Waals surface area contributed by atoms with Gasteiger partial charge in [0.15, 0.2) is 0 Å². The molecule has 1 heterocycles. The first-order chi connectivity index (χ1) is 14.1. The molecule has 0 spiro atoms. The molecule has 1 aromatic heterocycles. The molecule has 0 radical (unpaired) electrons. The third-order valence-electron chi connectivity index (χ3n) is 4.95. The van der Waals surface area contributed by atoms with Crippen LogP contribution in [0.5, 0.6) is 0 Å². The summed E-state index contributed by atoms with van der Waals surface area (Å²) in [6, 6.07) is 23.4. The molecule has 0 unspecified atom stereocenters. The van der Waals surface area contributed by atoms with Crippen molar-refractivity contribution in [3.63, 3.8) is 0 Å². The van der Waals surface area contributed by atoms with Gasteiger partial charge in [0.2, 0.25) is 0 Å². The molecule has 29 heavy (non-hydrogen) atoms. The van der Waals surface area contributed by atoms with Crippen LogP contribution in [0.2, 0.25) is 5.02 Å². The Balaban J connectivity index is 1.39. The zero-order chi connectivity index (χ0) is 20.2. The van der Waals surface area contributed by atoms with Gasteiger partial charge in [-0.15, -0.1) is 0 Å². The third kappa shape index (κ3) is 4.66. The van der Waals surface area contributed by atoms with Crippen LogP contribution in [-0.2, 0) is 6.42 Å². The van der Waals surface area contributed by atoms with Crippen molar-refractivity contribution in [1.82, 2.24) is 15.3 Å². The summed E-state index contributed by atoms with van der Waals surface area (Å²) >= 11 is 6.04. The van der Waals surface area contributed by atoms with E-state index in [4.69, 9.17) is 11.6 Å². The fourth-order valence-electron chi connectivity index (χ4n) is 3.31. The topological polar surface area (TPSA) is 57.8 Å². The van der Waals surface area contributed by atoms with Crippen molar-refractivity contribution in [2.75, 3.05) is 0 Å². The minimum absolute atomic E-state index is 0.0616. The molecule has 146 valence electrons. The van der Waals surface area contributed by atoms with Gasteiger partial charge in [-0.2, -0.15) is 0 Å². The molecule has 4 aromatic rings. The lowest BCUT2D eigenvalue weighted by molar-refractivity contribution is 0.0938.